The van der Waals surface area contributed by atoms with E-state index in [4.69, 9.17) is 5.73 Å². The van der Waals surface area contributed by atoms with Crippen molar-refractivity contribution in [3.63, 3.8) is 0 Å². The van der Waals surface area contributed by atoms with E-state index in [1.807, 2.05) is 12.1 Å². The zero-order chi connectivity index (χ0) is 15.1. The summed E-state index contributed by atoms with van der Waals surface area (Å²) in [5, 5.41) is 5.69. The molecule has 0 atom stereocenters. The summed E-state index contributed by atoms with van der Waals surface area (Å²) >= 11 is 0. The monoisotopic (exact) mass is 325 g/mol. The molecule has 0 saturated heterocycles. The van der Waals surface area contributed by atoms with Crippen LogP contribution in [0.5, 0.6) is 0 Å². The Balaban J connectivity index is 0.00000242. The van der Waals surface area contributed by atoms with Crippen molar-refractivity contribution >= 4 is 24.2 Å². The van der Waals surface area contributed by atoms with Crippen molar-refractivity contribution in [2.45, 2.75) is 32.2 Å². The van der Waals surface area contributed by atoms with Gasteiger partial charge in [0.25, 0.3) is 5.91 Å². The topological polar surface area (TPSA) is 84.2 Å². The number of benzene rings is 1. The van der Waals surface area contributed by atoms with E-state index in [-0.39, 0.29) is 30.1 Å². The predicted octanol–water partition coefficient (Wildman–Crippen LogP) is 1.60. The van der Waals surface area contributed by atoms with E-state index in [9.17, 15) is 9.59 Å². The average Bonchev–Trinajstić information content (AvgIpc) is 3.05. The number of halogens is 1. The maximum atomic E-state index is 11.9. The van der Waals surface area contributed by atoms with Crippen molar-refractivity contribution in [3.05, 3.63) is 35.4 Å². The number of amides is 2. The third-order valence-corrected chi connectivity index (χ3v) is 3.84. The van der Waals surface area contributed by atoms with Gasteiger partial charge in [-0.1, -0.05) is 25.0 Å². The van der Waals surface area contributed by atoms with Gasteiger partial charge in [0.2, 0.25) is 5.91 Å². The molecule has 0 bridgehead atoms. The fraction of sp³-hybridized carbons (Fsp3) is 0.500. The SMILES string of the molecule is Cl.NCCNC(=O)c1ccc(CNC(=O)C2CCCC2)cc1. The number of carbonyl (C=O) groups is 2. The van der Waals surface area contributed by atoms with Gasteiger partial charge in [-0.3, -0.25) is 9.59 Å². The van der Waals surface area contributed by atoms with Crippen molar-refractivity contribution in [3.8, 4) is 0 Å². The number of rotatable bonds is 6. The van der Waals surface area contributed by atoms with Gasteiger partial charge in [-0.15, -0.1) is 12.4 Å². The molecule has 0 spiro atoms. The summed E-state index contributed by atoms with van der Waals surface area (Å²) in [6.07, 6.45) is 4.33. The maximum Gasteiger partial charge on any atom is 0.251 e. The number of nitrogens with two attached hydrogens (primary N) is 1. The molecule has 4 N–H and O–H groups in total. The van der Waals surface area contributed by atoms with Crippen LogP contribution >= 0.6 is 12.4 Å². The van der Waals surface area contributed by atoms with Gasteiger partial charge in [0.15, 0.2) is 0 Å². The van der Waals surface area contributed by atoms with Crippen LogP contribution in [0.3, 0.4) is 0 Å². The molecule has 22 heavy (non-hydrogen) atoms. The van der Waals surface area contributed by atoms with E-state index in [1.54, 1.807) is 12.1 Å². The Hall–Kier alpha value is -1.59. The molecule has 2 amide bonds. The normalized spacial score (nSPS) is 14.2. The zero-order valence-electron chi connectivity index (χ0n) is 12.6. The lowest BCUT2D eigenvalue weighted by atomic mass is 10.1. The summed E-state index contributed by atoms with van der Waals surface area (Å²) in [5.74, 6) is 0.213. The fourth-order valence-corrected chi connectivity index (χ4v) is 2.58. The molecular weight excluding hydrogens is 302 g/mol. The minimum Gasteiger partial charge on any atom is -0.352 e. The Morgan fingerprint density at radius 3 is 2.32 bits per heavy atom. The first-order valence-electron chi connectivity index (χ1n) is 7.55. The van der Waals surface area contributed by atoms with E-state index < -0.39 is 0 Å². The summed E-state index contributed by atoms with van der Waals surface area (Å²) in [6.45, 7) is 1.41. The highest BCUT2D eigenvalue weighted by atomic mass is 35.5. The molecule has 0 unspecified atom stereocenters. The van der Waals surface area contributed by atoms with Gasteiger partial charge < -0.3 is 16.4 Å². The van der Waals surface area contributed by atoms with Crippen LogP contribution in [-0.4, -0.2) is 24.9 Å². The maximum absolute atomic E-state index is 11.9. The molecular formula is C16H24ClN3O2. The number of nitrogens with one attached hydrogen (secondary N) is 2. The average molecular weight is 326 g/mol. The van der Waals surface area contributed by atoms with E-state index in [0.717, 1.165) is 31.2 Å². The predicted molar refractivity (Wildman–Crippen MR) is 88.9 cm³/mol. The van der Waals surface area contributed by atoms with Crippen molar-refractivity contribution in [1.82, 2.24) is 10.6 Å². The Morgan fingerprint density at radius 1 is 1.09 bits per heavy atom. The van der Waals surface area contributed by atoms with E-state index >= 15 is 0 Å². The van der Waals surface area contributed by atoms with Crippen LogP contribution in [0.15, 0.2) is 24.3 Å². The Morgan fingerprint density at radius 2 is 1.73 bits per heavy atom. The third-order valence-electron chi connectivity index (χ3n) is 3.84. The molecule has 2 rings (SSSR count). The van der Waals surface area contributed by atoms with Gasteiger partial charge in [-0.2, -0.15) is 0 Å². The summed E-state index contributed by atoms with van der Waals surface area (Å²) in [5.41, 5.74) is 6.95. The molecule has 5 nitrogen and oxygen atoms in total. The Labute approximate surface area is 137 Å². The minimum absolute atomic E-state index is 0. The van der Waals surface area contributed by atoms with Gasteiger partial charge in [0, 0.05) is 31.1 Å². The molecule has 122 valence electrons. The van der Waals surface area contributed by atoms with Gasteiger partial charge in [-0.05, 0) is 30.5 Å². The number of hydrogen-bond donors (Lipinski definition) is 3. The van der Waals surface area contributed by atoms with Crippen molar-refractivity contribution < 1.29 is 9.59 Å². The number of carbonyl (C=O) groups excluding carboxylic acids is 2. The minimum atomic E-state index is -0.123. The quantitative estimate of drug-likeness (QED) is 0.743. The van der Waals surface area contributed by atoms with E-state index in [2.05, 4.69) is 10.6 Å². The highest BCUT2D eigenvalue weighted by Gasteiger charge is 2.22. The highest BCUT2D eigenvalue weighted by Crippen LogP contribution is 2.24. The summed E-state index contributed by atoms with van der Waals surface area (Å²) < 4.78 is 0. The summed E-state index contributed by atoms with van der Waals surface area (Å²) in [7, 11) is 0. The lowest BCUT2D eigenvalue weighted by Gasteiger charge is -2.10. The molecule has 1 aliphatic carbocycles. The first-order valence-corrected chi connectivity index (χ1v) is 7.55. The largest absolute Gasteiger partial charge is 0.352 e. The first-order chi connectivity index (χ1) is 10.2. The van der Waals surface area contributed by atoms with Crippen molar-refractivity contribution in [1.29, 1.82) is 0 Å². The summed E-state index contributed by atoms with van der Waals surface area (Å²) in [6, 6.07) is 7.27. The molecule has 1 saturated carbocycles. The van der Waals surface area contributed by atoms with Crippen LogP contribution in [0.25, 0.3) is 0 Å². The smallest absolute Gasteiger partial charge is 0.251 e. The highest BCUT2D eigenvalue weighted by molar-refractivity contribution is 5.94. The molecule has 1 aromatic rings. The lowest BCUT2D eigenvalue weighted by molar-refractivity contribution is -0.124. The summed E-state index contributed by atoms with van der Waals surface area (Å²) in [4.78, 5) is 23.6. The van der Waals surface area contributed by atoms with E-state index in [1.165, 1.54) is 0 Å². The lowest BCUT2D eigenvalue weighted by Crippen LogP contribution is -2.29. The second-order valence-corrected chi connectivity index (χ2v) is 5.44. The Bertz CT molecular complexity index is 485. The van der Waals surface area contributed by atoms with Crippen LogP contribution in [0.2, 0.25) is 0 Å². The standard InChI is InChI=1S/C16H23N3O2.ClH/c17-9-10-18-15(20)14-7-5-12(6-8-14)11-19-16(21)13-3-1-2-4-13;/h5-8,13H,1-4,9-11,17H2,(H,18,20)(H,19,21);1H. The van der Waals surface area contributed by atoms with Crippen molar-refractivity contribution in [2.24, 2.45) is 11.7 Å². The van der Waals surface area contributed by atoms with E-state index in [0.29, 0.717) is 25.2 Å². The number of hydrogen-bond acceptors (Lipinski definition) is 3. The molecule has 0 radical (unpaired) electrons. The first kappa shape index (κ1) is 18.5. The van der Waals surface area contributed by atoms with Gasteiger partial charge in [0.05, 0.1) is 0 Å². The van der Waals surface area contributed by atoms with Gasteiger partial charge >= 0.3 is 0 Å². The molecule has 0 heterocycles. The zero-order valence-corrected chi connectivity index (χ0v) is 13.5. The van der Waals surface area contributed by atoms with Crippen molar-refractivity contribution in [2.75, 3.05) is 13.1 Å². The van der Waals surface area contributed by atoms with Crippen LogP contribution in [0, 0.1) is 5.92 Å². The second-order valence-electron chi connectivity index (χ2n) is 5.44. The molecule has 1 fully saturated rings. The second kappa shape index (κ2) is 9.43. The van der Waals surface area contributed by atoms with Crippen LogP contribution in [0.1, 0.15) is 41.6 Å². The third kappa shape index (κ3) is 5.31. The van der Waals surface area contributed by atoms with Gasteiger partial charge in [0.1, 0.15) is 0 Å². The fourth-order valence-electron chi connectivity index (χ4n) is 2.58. The molecule has 0 aliphatic heterocycles. The molecule has 6 heteroatoms. The van der Waals surface area contributed by atoms with Crippen LogP contribution in [0.4, 0.5) is 0 Å². The Kier molecular flexibility index (Phi) is 7.91. The molecule has 0 aromatic heterocycles. The van der Waals surface area contributed by atoms with Crippen LogP contribution in [-0.2, 0) is 11.3 Å². The molecule has 1 aliphatic rings. The van der Waals surface area contributed by atoms with Crippen LogP contribution < -0.4 is 16.4 Å². The van der Waals surface area contributed by atoms with Gasteiger partial charge in [-0.25, -0.2) is 0 Å². The molecule has 1 aromatic carbocycles.